The second-order valence-corrected chi connectivity index (χ2v) is 7.16. The monoisotopic (exact) mass is 405 g/mol. The third-order valence-corrected chi connectivity index (χ3v) is 4.99. The van der Waals surface area contributed by atoms with Gasteiger partial charge in [0, 0.05) is 29.9 Å². The number of nitrogens with zero attached hydrogens (tertiary/aromatic N) is 3. The van der Waals surface area contributed by atoms with Crippen LogP contribution >= 0.6 is 0 Å². The zero-order chi connectivity index (χ0) is 21.3. The minimum Gasteiger partial charge on any atom is -0.397 e. The quantitative estimate of drug-likeness (QED) is 0.322. The number of benzene rings is 1. The van der Waals surface area contributed by atoms with Gasteiger partial charge in [-0.2, -0.15) is 5.10 Å². The maximum Gasteiger partial charge on any atom is 0.279 e. The van der Waals surface area contributed by atoms with Gasteiger partial charge in [-0.3, -0.25) is 14.6 Å². The van der Waals surface area contributed by atoms with E-state index in [1.807, 2.05) is 24.3 Å². The van der Waals surface area contributed by atoms with Crippen LogP contribution in [-0.4, -0.2) is 21.7 Å². The predicted octanol–water partition coefficient (Wildman–Crippen LogP) is 3.71. The predicted molar refractivity (Wildman–Crippen MR) is 121 cm³/mol. The number of hydrogen-bond donors (Lipinski definition) is 2. The van der Waals surface area contributed by atoms with Crippen LogP contribution in [0, 0.1) is 0 Å². The summed E-state index contributed by atoms with van der Waals surface area (Å²) >= 11 is 0. The van der Waals surface area contributed by atoms with Gasteiger partial charge < -0.3 is 10.3 Å². The number of aromatic nitrogens is 2. The van der Waals surface area contributed by atoms with Crippen LogP contribution in [0.15, 0.2) is 58.7 Å². The summed E-state index contributed by atoms with van der Waals surface area (Å²) in [6.45, 7) is 2.71. The molecule has 7 nitrogen and oxygen atoms in total. The number of amides is 1. The van der Waals surface area contributed by atoms with Crippen LogP contribution in [0.25, 0.3) is 10.9 Å². The highest BCUT2D eigenvalue weighted by atomic mass is 16.2. The molecule has 3 aromatic rings. The lowest BCUT2D eigenvalue weighted by Gasteiger charge is -2.15. The molecule has 7 heteroatoms. The molecule has 0 fully saturated rings. The number of nitrogens with one attached hydrogen (secondary N) is 1. The van der Waals surface area contributed by atoms with Crippen molar-refractivity contribution in [3.8, 4) is 0 Å². The first-order chi connectivity index (χ1) is 14.6. The van der Waals surface area contributed by atoms with Crippen molar-refractivity contribution < 1.29 is 4.79 Å². The van der Waals surface area contributed by atoms with E-state index in [-0.39, 0.29) is 11.3 Å². The molecule has 1 amide bonds. The van der Waals surface area contributed by atoms with Crippen molar-refractivity contribution in [1.29, 1.82) is 0 Å². The molecule has 2 heterocycles. The molecule has 0 saturated heterocycles. The van der Waals surface area contributed by atoms with Crippen LogP contribution in [-0.2, 0) is 6.54 Å². The van der Waals surface area contributed by atoms with E-state index in [0.29, 0.717) is 11.9 Å². The lowest BCUT2D eigenvalue weighted by atomic mass is 10.1. The number of anilines is 1. The molecule has 2 aromatic heterocycles. The third-order valence-electron chi connectivity index (χ3n) is 4.99. The van der Waals surface area contributed by atoms with Crippen molar-refractivity contribution >= 4 is 28.7 Å². The first-order valence-electron chi connectivity index (χ1n) is 10.3. The van der Waals surface area contributed by atoms with Gasteiger partial charge in [0.25, 0.3) is 11.5 Å². The Labute approximate surface area is 175 Å². The Morgan fingerprint density at radius 3 is 2.73 bits per heavy atom. The Kier molecular flexibility index (Phi) is 7.32. The Bertz CT molecular complexity index is 1090. The van der Waals surface area contributed by atoms with E-state index in [0.717, 1.165) is 36.8 Å². The largest absolute Gasteiger partial charge is 0.397 e. The van der Waals surface area contributed by atoms with Gasteiger partial charge in [-0.05, 0) is 18.6 Å². The van der Waals surface area contributed by atoms with Crippen molar-refractivity contribution in [3.05, 3.63) is 70.3 Å². The lowest BCUT2D eigenvalue weighted by Crippen LogP contribution is -2.33. The Hall–Kier alpha value is -3.48. The SMILES string of the molecule is CCCCCCCn1c(=O)c(C(=O)N/N=C/c2cccnc2)c(N)c2ccccc21. The number of rotatable bonds is 9. The number of nitrogens with two attached hydrogens (primary N) is 1. The van der Waals surface area contributed by atoms with E-state index in [1.54, 1.807) is 29.1 Å². The van der Waals surface area contributed by atoms with Crippen molar-refractivity contribution in [2.24, 2.45) is 5.10 Å². The number of carbonyl (C=O) groups excluding carboxylic acids is 1. The molecule has 0 atom stereocenters. The summed E-state index contributed by atoms with van der Waals surface area (Å²) in [6, 6.07) is 11.0. The molecule has 0 radical (unpaired) electrons. The zero-order valence-electron chi connectivity index (χ0n) is 17.2. The molecule has 156 valence electrons. The summed E-state index contributed by atoms with van der Waals surface area (Å²) in [5.41, 5.74) is 9.82. The molecule has 30 heavy (non-hydrogen) atoms. The first kappa shape index (κ1) is 21.2. The fourth-order valence-corrected chi connectivity index (χ4v) is 3.42. The molecule has 0 unspecified atom stereocenters. The molecule has 3 rings (SSSR count). The fraction of sp³-hybridized carbons (Fsp3) is 0.304. The van der Waals surface area contributed by atoms with Crippen LogP contribution in [0.3, 0.4) is 0 Å². The van der Waals surface area contributed by atoms with E-state index in [9.17, 15) is 9.59 Å². The average Bonchev–Trinajstić information content (AvgIpc) is 2.76. The molecular formula is C23H27N5O2. The number of hydrazone groups is 1. The topological polar surface area (TPSA) is 102 Å². The van der Waals surface area contributed by atoms with Gasteiger partial charge in [-0.25, -0.2) is 5.43 Å². The minimum absolute atomic E-state index is 0.0782. The molecular weight excluding hydrogens is 378 g/mol. The van der Waals surface area contributed by atoms with Crippen molar-refractivity contribution in [1.82, 2.24) is 15.0 Å². The number of nitrogen functional groups attached to an aromatic ring is 1. The number of hydrogen-bond acceptors (Lipinski definition) is 5. The highest BCUT2D eigenvalue weighted by Gasteiger charge is 2.20. The van der Waals surface area contributed by atoms with Gasteiger partial charge in [0.15, 0.2) is 0 Å². The van der Waals surface area contributed by atoms with Gasteiger partial charge in [0.1, 0.15) is 5.56 Å². The van der Waals surface area contributed by atoms with Gasteiger partial charge in [0.2, 0.25) is 0 Å². The first-order valence-corrected chi connectivity index (χ1v) is 10.3. The van der Waals surface area contributed by atoms with Crippen LogP contribution in [0.2, 0.25) is 0 Å². The van der Waals surface area contributed by atoms with E-state index in [1.165, 1.54) is 12.6 Å². The van der Waals surface area contributed by atoms with Crippen molar-refractivity contribution in [3.63, 3.8) is 0 Å². The number of aryl methyl sites for hydroxylation is 1. The molecule has 3 N–H and O–H groups in total. The second kappa shape index (κ2) is 10.3. The van der Waals surface area contributed by atoms with Crippen LogP contribution in [0.1, 0.15) is 54.9 Å². The van der Waals surface area contributed by atoms with Gasteiger partial charge in [-0.1, -0.05) is 56.9 Å². The summed E-state index contributed by atoms with van der Waals surface area (Å²) in [4.78, 5) is 29.9. The summed E-state index contributed by atoms with van der Waals surface area (Å²) in [5, 5.41) is 4.62. The molecule has 0 spiro atoms. The summed E-state index contributed by atoms with van der Waals surface area (Å²) in [6.07, 6.45) is 10.1. The Balaban J connectivity index is 1.88. The normalized spacial score (nSPS) is 11.2. The third kappa shape index (κ3) is 4.92. The highest BCUT2D eigenvalue weighted by molar-refractivity contribution is 6.06. The van der Waals surface area contributed by atoms with E-state index >= 15 is 0 Å². The highest BCUT2D eigenvalue weighted by Crippen LogP contribution is 2.23. The van der Waals surface area contributed by atoms with Crippen LogP contribution in [0.5, 0.6) is 0 Å². The average molecular weight is 406 g/mol. The zero-order valence-corrected chi connectivity index (χ0v) is 17.2. The molecule has 1 aromatic carbocycles. The van der Waals surface area contributed by atoms with Crippen molar-refractivity contribution in [2.75, 3.05) is 5.73 Å². The number of pyridine rings is 2. The maximum absolute atomic E-state index is 13.2. The molecule has 0 aliphatic carbocycles. The molecule has 0 saturated carbocycles. The van der Waals surface area contributed by atoms with E-state index < -0.39 is 11.5 Å². The number of fused-ring (bicyclic) bond motifs is 1. The van der Waals surface area contributed by atoms with Gasteiger partial charge in [-0.15, -0.1) is 0 Å². The van der Waals surface area contributed by atoms with Crippen LogP contribution in [0.4, 0.5) is 5.69 Å². The fourth-order valence-electron chi connectivity index (χ4n) is 3.42. The van der Waals surface area contributed by atoms with Crippen molar-refractivity contribution in [2.45, 2.75) is 45.6 Å². The van der Waals surface area contributed by atoms with Crippen LogP contribution < -0.4 is 16.7 Å². The smallest absolute Gasteiger partial charge is 0.279 e. The molecule has 0 aliphatic heterocycles. The second-order valence-electron chi connectivity index (χ2n) is 7.16. The van der Waals surface area contributed by atoms with Gasteiger partial charge in [0.05, 0.1) is 17.4 Å². The Morgan fingerprint density at radius 2 is 1.97 bits per heavy atom. The standard InChI is InChI=1S/C23H27N5O2/c1-2-3-4-5-8-14-28-19-12-7-6-11-18(19)21(24)20(23(28)30)22(29)27-26-16-17-10-9-13-25-15-17/h6-7,9-13,15-16H,2-5,8,14,24H2,1H3,(H,27,29)/b26-16+. The van der Waals surface area contributed by atoms with E-state index in [2.05, 4.69) is 22.4 Å². The molecule has 0 bridgehead atoms. The molecule has 0 aliphatic rings. The van der Waals surface area contributed by atoms with E-state index in [4.69, 9.17) is 5.73 Å². The summed E-state index contributed by atoms with van der Waals surface area (Å²) in [5.74, 6) is -0.622. The number of carbonyl (C=O) groups is 1. The summed E-state index contributed by atoms with van der Waals surface area (Å²) in [7, 11) is 0. The van der Waals surface area contributed by atoms with Gasteiger partial charge >= 0.3 is 0 Å². The minimum atomic E-state index is -0.622. The number of unbranched alkanes of at least 4 members (excludes halogenated alkanes) is 4. The lowest BCUT2D eigenvalue weighted by molar-refractivity contribution is 0.0954. The number of para-hydroxylation sites is 1. The Morgan fingerprint density at radius 1 is 1.17 bits per heavy atom. The maximum atomic E-state index is 13.2. The summed E-state index contributed by atoms with van der Waals surface area (Å²) < 4.78 is 1.65.